The highest BCUT2D eigenvalue weighted by Crippen LogP contribution is 2.20. The average molecular weight is 332 g/mol. The summed E-state index contributed by atoms with van der Waals surface area (Å²) in [5.74, 6) is -1.30. The molecule has 0 bridgehead atoms. The highest BCUT2D eigenvalue weighted by Gasteiger charge is 2.33. The van der Waals surface area contributed by atoms with Gasteiger partial charge in [-0.05, 0) is 20.8 Å². The molecule has 1 aliphatic heterocycles. The Hall–Kier alpha value is -1.77. The number of carbonyl (C=O) groups excluding carboxylic acids is 4. The highest BCUT2D eigenvalue weighted by atomic mass is 32.2. The third kappa shape index (κ3) is 5.92. The van der Waals surface area contributed by atoms with E-state index in [9.17, 15) is 19.2 Å². The molecule has 0 saturated carbocycles. The molecule has 8 nitrogen and oxygen atoms in total. The van der Waals surface area contributed by atoms with Crippen LogP contribution in [0.1, 0.15) is 27.2 Å². The van der Waals surface area contributed by atoms with Gasteiger partial charge in [-0.1, -0.05) is 0 Å². The lowest BCUT2D eigenvalue weighted by Gasteiger charge is -2.22. The molecular formula is C13H20N2O6S. The lowest BCUT2D eigenvalue weighted by atomic mass is 10.2. The van der Waals surface area contributed by atoms with E-state index < -0.39 is 34.9 Å². The zero-order chi connectivity index (χ0) is 16.9. The van der Waals surface area contributed by atoms with E-state index in [1.165, 1.54) is 7.11 Å². The molecule has 1 fully saturated rings. The monoisotopic (exact) mass is 332 g/mol. The van der Waals surface area contributed by atoms with Crippen LogP contribution in [0.15, 0.2) is 0 Å². The van der Waals surface area contributed by atoms with Crippen LogP contribution in [0, 0.1) is 0 Å². The van der Waals surface area contributed by atoms with Gasteiger partial charge in [-0.15, -0.1) is 11.8 Å². The number of amides is 3. The summed E-state index contributed by atoms with van der Waals surface area (Å²) in [5.41, 5.74) is -0.699. The summed E-state index contributed by atoms with van der Waals surface area (Å²) >= 11 is 1.10. The lowest BCUT2D eigenvalue weighted by molar-refractivity contribution is -0.142. The molecule has 0 aromatic heterocycles. The van der Waals surface area contributed by atoms with Crippen molar-refractivity contribution in [2.45, 2.75) is 44.1 Å². The van der Waals surface area contributed by atoms with Gasteiger partial charge in [0.05, 0.1) is 12.4 Å². The summed E-state index contributed by atoms with van der Waals surface area (Å²) in [6, 6.07) is -0.964. The molecule has 3 amide bonds. The number of nitrogens with one attached hydrogen (secondary N) is 2. The minimum absolute atomic E-state index is 0.0594. The molecule has 0 aromatic rings. The summed E-state index contributed by atoms with van der Waals surface area (Å²) in [7, 11) is 1.20. The van der Waals surface area contributed by atoms with Crippen molar-refractivity contribution in [3.05, 3.63) is 0 Å². The summed E-state index contributed by atoms with van der Waals surface area (Å²) in [4.78, 5) is 46.0. The minimum atomic E-state index is -0.964. The van der Waals surface area contributed by atoms with E-state index in [2.05, 4.69) is 15.4 Å². The number of hydrogen-bond donors (Lipinski definition) is 2. The molecule has 0 aliphatic carbocycles. The van der Waals surface area contributed by atoms with Crippen LogP contribution in [-0.4, -0.2) is 53.6 Å². The van der Waals surface area contributed by atoms with Crippen molar-refractivity contribution in [2.75, 3.05) is 12.9 Å². The first kappa shape index (κ1) is 18.3. The topological polar surface area (TPSA) is 111 Å². The highest BCUT2D eigenvalue weighted by molar-refractivity contribution is 8.00. The second kappa shape index (κ2) is 7.48. The van der Waals surface area contributed by atoms with Crippen molar-refractivity contribution < 1.29 is 28.7 Å². The molecule has 2 atom stereocenters. The standard InChI is InChI=1S/C13H20N2O6S/c1-13(2,3)21-12(19)14-7(11(18)20-4)6-22-8-5-9(16)15-10(8)17/h7-8H,5-6H2,1-4H3,(H,14,19)(H,15,16,17). The van der Waals surface area contributed by atoms with Crippen molar-refractivity contribution in [3.63, 3.8) is 0 Å². The number of rotatable bonds is 5. The van der Waals surface area contributed by atoms with Gasteiger partial charge in [0.15, 0.2) is 0 Å². The van der Waals surface area contributed by atoms with Crippen molar-refractivity contribution in [2.24, 2.45) is 0 Å². The van der Waals surface area contributed by atoms with Gasteiger partial charge in [0.1, 0.15) is 11.6 Å². The summed E-state index contributed by atoms with van der Waals surface area (Å²) in [5, 5.41) is 4.01. The Morgan fingerprint density at radius 3 is 2.50 bits per heavy atom. The van der Waals surface area contributed by atoms with Crippen LogP contribution in [-0.2, 0) is 23.9 Å². The van der Waals surface area contributed by atoms with Crippen LogP contribution in [0.25, 0.3) is 0 Å². The van der Waals surface area contributed by atoms with E-state index in [1.54, 1.807) is 20.8 Å². The number of esters is 1. The van der Waals surface area contributed by atoms with Crippen molar-refractivity contribution in [1.82, 2.24) is 10.6 Å². The molecule has 9 heteroatoms. The first-order valence-corrected chi connectivity index (χ1v) is 7.70. The van der Waals surface area contributed by atoms with Crippen LogP contribution in [0.2, 0.25) is 0 Å². The fourth-order valence-corrected chi connectivity index (χ4v) is 2.76. The normalized spacial score (nSPS) is 19.4. The molecular weight excluding hydrogens is 312 g/mol. The van der Waals surface area contributed by atoms with E-state index in [-0.39, 0.29) is 18.1 Å². The Kier molecular flexibility index (Phi) is 6.21. The molecule has 0 aromatic carbocycles. The van der Waals surface area contributed by atoms with Gasteiger partial charge >= 0.3 is 12.1 Å². The van der Waals surface area contributed by atoms with Gasteiger partial charge in [-0.25, -0.2) is 9.59 Å². The number of thioether (sulfide) groups is 1. The molecule has 0 spiro atoms. The van der Waals surface area contributed by atoms with Crippen molar-refractivity contribution in [1.29, 1.82) is 0 Å². The van der Waals surface area contributed by atoms with Crippen LogP contribution >= 0.6 is 11.8 Å². The average Bonchev–Trinajstić information content (AvgIpc) is 2.69. The van der Waals surface area contributed by atoms with E-state index in [4.69, 9.17) is 4.74 Å². The number of imide groups is 1. The van der Waals surface area contributed by atoms with Gasteiger partial charge < -0.3 is 14.8 Å². The fourth-order valence-electron chi connectivity index (χ4n) is 1.64. The molecule has 1 saturated heterocycles. The molecule has 2 N–H and O–H groups in total. The minimum Gasteiger partial charge on any atom is -0.467 e. The Morgan fingerprint density at radius 2 is 2.05 bits per heavy atom. The maximum atomic E-state index is 11.7. The number of methoxy groups -OCH3 is 1. The molecule has 1 aliphatic rings. The number of hydrogen-bond acceptors (Lipinski definition) is 7. The van der Waals surface area contributed by atoms with E-state index in [1.807, 2.05) is 0 Å². The first-order valence-electron chi connectivity index (χ1n) is 6.65. The second-order valence-electron chi connectivity index (χ2n) is 5.66. The quantitative estimate of drug-likeness (QED) is 0.546. The maximum Gasteiger partial charge on any atom is 0.408 e. The Labute approximate surface area is 132 Å². The molecule has 22 heavy (non-hydrogen) atoms. The summed E-state index contributed by atoms with van der Waals surface area (Å²) in [6.45, 7) is 5.09. The fraction of sp³-hybridized carbons (Fsp3) is 0.692. The van der Waals surface area contributed by atoms with Crippen molar-refractivity contribution in [3.8, 4) is 0 Å². The van der Waals surface area contributed by atoms with Crippen LogP contribution < -0.4 is 10.6 Å². The van der Waals surface area contributed by atoms with Gasteiger partial charge in [0.25, 0.3) is 0 Å². The molecule has 1 rings (SSSR count). The van der Waals surface area contributed by atoms with Crippen LogP contribution in [0.4, 0.5) is 4.79 Å². The third-order valence-electron chi connectivity index (χ3n) is 2.57. The Morgan fingerprint density at radius 1 is 1.41 bits per heavy atom. The van der Waals surface area contributed by atoms with Crippen molar-refractivity contribution >= 4 is 35.6 Å². The van der Waals surface area contributed by atoms with Gasteiger partial charge in [-0.2, -0.15) is 0 Å². The van der Waals surface area contributed by atoms with E-state index >= 15 is 0 Å². The van der Waals surface area contributed by atoms with Gasteiger partial charge in [0, 0.05) is 12.2 Å². The Balaban J connectivity index is 2.58. The zero-order valence-electron chi connectivity index (χ0n) is 12.9. The van der Waals surface area contributed by atoms with E-state index in [0.717, 1.165) is 11.8 Å². The largest absolute Gasteiger partial charge is 0.467 e. The molecule has 2 unspecified atom stereocenters. The SMILES string of the molecule is COC(=O)C(CSC1CC(=O)NC1=O)NC(=O)OC(C)(C)C. The summed E-state index contributed by atoms with van der Waals surface area (Å²) in [6.07, 6.45) is -0.695. The third-order valence-corrected chi connectivity index (χ3v) is 3.88. The van der Waals surface area contributed by atoms with Crippen LogP contribution in [0.3, 0.4) is 0 Å². The van der Waals surface area contributed by atoms with Gasteiger partial charge in [0.2, 0.25) is 11.8 Å². The summed E-state index contributed by atoms with van der Waals surface area (Å²) < 4.78 is 9.69. The Bertz CT molecular complexity index is 474. The first-order chi connectivity index (χ1) is 10.1. The number of alkyl carbamates (subject to hydrolysis) is 1. The number of ether oxygens (including phenoxy) is 2. The lowest BCUT2D eigenvalue weighted by Crippen LogP contribution is -2.45. The van der Waals surface area contributed by atoms with Gasteiger partial charge in [-0.3, -0.25) is 14.9 Å². The van der Waals surface area contributed by atoms with E-state index in [0.29, 0.717) is 0 Å². The molecule has 124 valence electrons. The number of carbonyl (C=O) groups is 4. The molecule has 1 heterocycles. The smallest absolute Gasteiger partial charge is 0.408 e. The zero-order valence-corrected chi connectivity index (χ0v) is 13.7. The maximum absolute atomic E-state index is 11.7. The predicted octanol–water partition coefficient (Wildman–Crippen LogP) is 0.201. The second-order valence-corrected chi connectivity index (χ2v) is 6.90. The van der Waals surface area contributed by atoms with Crippen LogP contribution in [0.5, 0.6) is 0 Å². The predicted molar refractivity (Wildman–Crippen MR) is 79.2 cm³/mol. The molecule has 0 radical (unpaired) electrons.